The summed E-state index contributed by atoms with van der Waals surface area (Å²) >= 11 is 6.12. The SMILES string of the molecule is Cc1cc(OC[P+]2(O)OCCC(c3cccc(Cl)c3)O2)c(F)c(C)c1Cc1ccc(O)c(C2CCCCCC2)n1. The predicted molar refractivity (Wildman–Crippen MR) is 156 cm³/mol. The molecule has 5 rings (SSSR count). The van der Waals surface area contributed by atoms with E-state index in [0.717, 1.165) is 53.8 Å². The lowest BCUT2D eigenvalue weighted by atomic mass is 9.94. The Hall–Kier alpha value is -2.28. The van der Waals surface area contributed by atoms with Gasteiger partial charge in [0.25, 0.3) is 6.35 Å². The van der Waals surface area contributed by atoms with Crippen LogP contribution >= 0.6 is 19.5 Å². The maximum Gasteiger partial charge on any atom is 0.449 e. The summed E-state index contributed by atoms with van der Waals surface area (Å²) in [5.41, 5.74) is 4.56. The van der Waals surface area contributed by atoms with E-state index in [1.54, 1.807) is 31.2 Å². The molecular formula is C31H37ClFNO5P+. The number of aryl methyl sites for hydroxylation is 1. The van der Waals surface area contributed by atoms with Gasteiger partial charge in [0.2, 0.25) is 0 Å². The Morgan fingerprint density at radius 3 is 2.60 bits per heavy atom. The zero-order valence-electron chi connectivity index (χ0n) is 23.0. The van der Waals surface area contributed by atoms with E-state index in [2.05, 4.69) is 0 Å². The quantitative estimate of drug-likeness (QED) is 0.213. The Morgan fingerprint density at radius 2 is 1.85 bits per heavy atom. The second-order valence-corrected chi connectivity index (χ2v) is 13.3. The van der Waals surface area contributed by atoms with Gasteiger partial charge in [-0.05, 0) is 79.3 Å². The number of rotatable bonds is 7. The smallest absolute Gasteiger partial charge is 0.449 e. The van der Waals surface area contributed by atoms with E-state index in [4.69, 9.17) is 30.4 Å². The molecule has 1 aliphatic carbocycles. The summed E-state index contributed by atoms with van der Waals surface area (Å²) in [6, 6.07) is 12.5. The minimum atomic E-state index is -3.38. The van der Waals surface area contributed by atoms with Gasteiger partial charge in [0.15, 0.2) is 11.6 Å². The highest BCUT2D eigenvalue weighted by atomic mass is 35.5. The second kappa shape index (κ2) is 12.7. The topological polar surface area (TPSA) is 81.0 Å². The van der Waals surface area contributed by atoms with Gasteiger partial charge in [0.1, 0.15) is 18.5 Å². The van der Waals surface area contributed by atoms with E-state index < -0.39 is 13.8 Å². The summed E-state index contributed by atoms with van der Waals surface area (Å²) in [5, 5.41) is 11.1. The summed E-state index contributed by atoms with van der Waals surface area (Å²) in [7, 11) is -3.38. The highest BCUT2D eigenvalue weighted by Gasteiger charge is 2.49. The molecule has 0 spiro atoms. The van der Waals surface area contributed by atoms with Gasteiger partial charge in [0, 0.05) is 29.5 Å². The number of pyridine rings is 1. The van der Waals surface area contributed by atoms with Crippen LogP contribution < -0.4 is 4.74 Å². The molecule has 40 heavy (non-hydrogen) atoms. The second-order valence-electron chi connectivity index (χ2n) is 10.9. The van der Waals surface area contributed by atoms with Crippen molar-refractivity contribution >= 4 is 19.5 Å². The lowest BCUT2D eigenvalue weighted by Crippen LogP contribution is -2.21. The Balaban J connectivity index is 1.30. The van der Waals surface area contributed by atoms with Crippen molar-refractivity contribution in [2.24, 2.45) is 0 Å². The van der Waals surface area contributed by atoms with Crippen molar-refractivity contribution in [3.05, 3.63) is 86.9 Å². The fourth-order valence-corrected chi connectivity index (χ4v) is 7.43. The highest BCUT2D eigenvalue weighted by Crippen LogP contribution is 2.63. The van der Waals surface area contributed by atoms with E-state index in [0.29, 0.717) is 30.0 Å². The van der Waals surface area contributed by atoms with Crippen molar-refractivity contribution in [1.82, 2.24) is 4.98 Å². The summed E-state index contributed by atoms with van der Waals surface area (Å²) in [5.74, 6) is 0.0551. The molecule has 9 heteroatoms. The van der Waals surface area contributed by atoms with Crippen molar-refractivity contribution < 1.29 is 28.2 Å². The molecule has 3 aromatic rings. The molecule has 0 amide bonds. The Bertz CT molecular complexity index is 1350. The number of halogens is 2. The Kier molecular flexibility index (Phi) is 9.28. The van der Waals surface area contributed by atoms with Crippen LogP contribution in [0, 0.1) is 19.7 Å². The maximum atomic E-state index is 15.5. The van der Waals surface area contributed by atoms with Crippen LogP contribution in [0.25, 0.3) is 0 Å². The van der Waals surface area contributed by atoms with Crippen LogP contribution in [-0.2, 0) is 15.5 Å². The first-order valence-electron chi connectivity index (χ1n) is 14.0. The first-order valence-corrected chi connectivity index (χ1v) is 16.2. The lowest BCUT2D eigenvalue weighted by molar-refractivity contribution is 0.0515. The molecule has 1 aromatic heterocycles. The molecule has 214 valence electrons. The average molecular weight is 589 g/mol. The minimum absolute atomic E-state index is 0.0436. The largest absolute Gasteiger partial charge is 0.506 e. The van der Waals surface area contributed by atoms with E-state index in [-0.39, 0.29) is 29.9 Å². The first kappa shape index (κ1) is 29.2. The molecule has 1 aliphatic heterocycles. The molecule has 0 bridgehead atoms. The third kappa shape index (κ3) is 6.78. The number of hydrogen-bond donors (Lipinski definition) is 2. The van der Waals surface area contributed by atoms with Crippen LogP contribution in [0.5, 0.6) is 11.5 Å². The minimum Gasteiger partial charge on any atom is -0.506 e. The molecule has 2 N–H and O–H groups in total. The van der Waals surface area contributed by atoms with E-state index >= 15 is 4.39 Å². The zero-order chi connectivity index (χ0) is 28.3. The molecule has 2 atom stereocenters. The van der Waals surface area contributed by atoms with Gasteiger partial charge in [-0.1, -0.05) is 49.4 Å². The molecule has 1 saturated heterocycles. The number of hydrogen-bond acceptors (Lipinski definition) is 6. The number of nitrogens with zero attached hydrogens (tertiary/aromatic N) is 1. The number of benzene rings is 2. The van der Waals surface area contributed by atoms with Gasteiger partial charge >= 0.3 is 7.94 Å². The number of aromatic nitrogens is 1. The van der Waals surface area contributed by atoms with Crippen LogP contribution in [0.2, 0.25) is 5.02 Å². The third-order valence-corrected chi connectivity index (χ3v) is 9.81. The summed E-state index contributed by atoms with van der Waals surface area (Å²) in [4.78, 5) is 15.9. The van der Waals surface area contributed by atoms with Gasteiger partial charge in [-0.15, -0.1) is 0 Å². The molecule has 2 fully saturated rings. The monoisotopic (exact) mass is 588 g/mol. The van der Waals surface area contributed by atoms with Crippen LogP contribution in [0.1, 0.15) is 90.6 Å². The number of ether oxygens (including phenoxy) is 1. The van der Waals surface area contributed by atoms with Crippen molar-refractivity contribution in [2.45, 2.75) is 77.2 Å². The average Bonchev–Trinajstić information content (AvgIpc) is 3.23. The normalized spacial score (nSPS) is 22.2. The van der Waals surface area contributed by atoms with Crippen molar-refractivity contribution in [3.8, 4) is 11.5 Å². The molecule has 2 unspecified atom stereocenters. The number of aromatic hydroxyl groups is 1. The molecule has 1 saturated carbocycles. The molecule has 2 aliphatic rings. The third-order valence-electron chi connectivity index (χ3n) is 7.95. The van der Waals surface area contributed by atoms with E-state index in [1.165, 1.54) is 12.8 Å². The predicted octanol–water partition coefficient (Wildman–Crippen LogP) is 8.49. The zero-order valence-corrected chi connectivity index (χ0v) is 24.7. The molecule has 0 radical (unpaired) electrons. The van der Waals surface area contributed by atoms with Crippen LogP contribution in [0.15, 0.2) is 42.5 Å². The van der Waals surface area contributed by atoms with Gasteiger partial charge < -0.3 is 9.84 Å². The van der Waals surface area contributed by atoms with Crippen LogP contribution in [-0.4, -0.2) is 27.9 Å². The standard InChI is InChI=1S/C31H36ClFNO5P/c1-20-16-29(37-19-40(36)38-15-14-28(39-40)23-10-7-11-24(32)17-23)30(33)21(2)26(20)18-25-12-13-27(35)31(34-25)22-8-5-3-4-6-9-22/h7,10-13,16-17,22,28,36H,3-6,8-9,14-15,18-19H2,1-2H3/p+1. The van der Waals surface area contributed by atoms with E-state index in [1.807, 2.05) is 25.1 Å². The van der Waals surface area contributed by atoms with Gasteiger partial charge in [0.05, 0.1) is 5.69 Å². The summed E-state index contributed by atoms with van der Waals surface area (Å²) in [6.07, 6.45) is 7.15. The van der Waals surface area contributed by atoms with Crippen molar-refractivity contribution in [3.63, 3.8) is 0 Å². The molecule has 2 aromatic carbocycles. The highest BCUT2D eigenvalue weighted by molar-refractivity contribution is 7.60. The molecular weight excluding hydrogens is 552 g/mol. The summed E-state index contributed by atoms with van der Waals surface area (Å²) in [6.45, 7) is 3.93. The van der Waals surface area contributed by atoms with Crippen LogP contribution in [0.4, 0.5) is 4.39 Å². The van der Waals surface area contributed by atoms with Gasteiger partial charge in [-0.25, -0.2) is 4.39 Å². The van der Waals surface area contributed by atoms with E-state index in [9.17, 15) is 10.00 Å². The van der Waals surface area contributed by atoms with Gasteiger partial charge in [-0.3, -0.25) is 4.98 Å². The fraction of sp³-hybridized carbons (Fsp3) is 0.452. The molecule has 6 nitrogen and oxygen atoms in total. The lowest BCUT2D eigenvalue weighted by Gasteiger charge is -2.27. The Labute approximate surface area is 241 Å². The summed E-state index contributed by atoms with van der Waals surface area (Å²) < 4.78 is 32.8. The first-order chi connectivity index (χ1) is 19.2. The van der Waals surface area contributed by atoms with Crippen molar-refractivity contribution in [2.75, 3.05) is 13.0 Å². The maximum absolute atomic E-state index is 15.5. The Morgan fingerprint density at radius 1 is 1.07 bits per heavy atom. The molecule has 2 heterocycles. The van der Waals surface area contributed by atoms with Crippen LogP contribution in [0.3, 0.4) is 0 Å². The van der Waals surface area contributed by atoms with Gasteiger partial charge in [-0.2, -0.15) is 13.9 Å². The fourth-order valence-electron chi connectivity index (χ4n) is 5.72. The van der Waals surface area contributed by atoms with Crippen molar-refractivity contribution in [1.29, 1.82) is 0 Å².